The van der Waals surface area contributed by atoms with Gasteiger partial charge < -0.3 is 4.74 Å². The fourth-order valence-electron chi connectivity index (χ4n) is 1.70. The highest BCUT2D eigenvalue weighted by Gasteiger charge is 2.16. The molecule has 0 atom stereocenters. The van der Waals surface area contributed by atoms with Gasteiger partial charge in [-0.15, -0.1) is 5.10 Å². The standard InChI is InChI=1S/C11H15BrN6O2S/c1-4-7-10(12)8(17(2)14-7)6-21-11-13-15-16-18(11)5-9(19)20-3/h4-6H2,1-3H3. The first kappa shape index (κ1) is 16.0. The van der Waals surface area contributed by atoms with Gasteiger partial charge in [0.15, 0.2) is 0 Å². The van der Waals surface area contributed by atoms with Gasteiger partial charge in [-0.2, -0.15) is 5.10 Å². The number of ether oxygens (including phenoxy) is 1. The maximum absolute atomic E-state index is 11.3. The topological polar surface area (TPSA) is 87.7 Å². The number of aryl methyl sites for hydroxylation is 2. The molecule has 114 valence electrons. The monoisotopic (exact) mass is 374 g/mol. The molecule has 2 aromatic rings. The summed E-state index contributed by atoms with van der Waals surface area (Å²) in [6.45, 7) is 2.06. The maximum Gasteiger partial charge on any atom is 0.327 e. The Labute approximate surface area is 134 Å². The summed E-state index contributed by atoms with van der Waals surface area (Å²) in [5, 5.41) is 16.3. The highest BCUT2D eigenvalue weighted by Crippen LogP contribution is 2.27. The van der Waals surface area contributed by atoms with Crippen molar-refractivity contribution in [1.29, 1.82) is 0 Å². The molecular weight excluding hydrogens is 360 g/mol. The van der Waals surface area contributed by atoms with Crippen molar-refractivity contribution in [2.75, 3.05) is 7.11 Å². The second kappa shape index (κ2) is 7.03. The first-order valence-corrected chi connectivity index (χ1v) is 8.00. The number of halogens is 1. The third-order valence-corrected chi connectivity index (χ3v) is 4.73. The minimum absolute atomic E-state index is 0.00139. The van der Waals surface area contributed by atoms with Gasteiger partial charge in [-0.3, -0.25) is 9.48 Å². The summed E-state index contributed by atoms with van der Waals surface area (Å²) < 4.78 is 8.87. The van der Waals surface area contributed by atoms with Gasteiger partial charge in [-0.05, 0) is 32.8 Å². The van der Waals surface area contributed by atoms with Crippen LogP contribution in [0.3, 0.4) is 0 Å². The van der Waals surface area contributed by atoms with Gasteiger partial charge >= 0.3 is 5.97 Å². The second-order valence-electron chi connectivity index (χ2n) is 4.17. The molecule has 10 heteroatoms. The zero-order chi connectivity index (χ0) is 15.4. The lowest BCUT2D eigenvalue weighted by atomic mass is 10.3. The minimum Gasteiger partial charge on any atom is -0.468 e. The largest absolute Gasteiger partial charge is 0.468 e. The number of hydrogen-bond acceptors (Lipinski definition) is 7. The van der Waals surface area contributed by atoms with Crippen molar-refractivity contribution >= 4 is 33.7 Å². The summed E-state index contributed by atoms with van der Waals surface area (Å²) >= 11 is 5.01. The van der Waals surface area contributed by atoms with E-state index in [-0.39, 0.29) is 12.5 Å². The number of carbonyl (C=O) groups excluding carboxylic acids is 1. The number of carbonyl (C=O) groups is 1. The van der Waals surface area contributed by atoms with Crippen LogP contribution in [0, 0.1) is 0 Å². The Morgan fingerprint density at radius 3 is 2.86 bits per heavy atom. The van der Waals surface area contributed by atoms with E-state index in [1.54, 1.807) is 0 Å². The van der Waals surface area contributed by atoms with E-state index >= 15 is 0 Å². The molecule has 2 heterocycles. The van der Waals surface area contributed by atoms with E-state index in [1.165, 1.54) is 23.6 Å². The van der Waals surface area contributed by atoms with Crippen LogP contribution in [-0.2, 0) is 35.3 Å². The molecule has 0 saturated heterocycles. The Kier molecular flexibility index (Phi) is 5.34. The predicted octanol–water partition coefficient (Wildman–Crippen LogP) is 1.20. The molecule has 0 bridgehead atoms. The molecule has 0 amide bonds. The number of nitrogens with zero attached hydrogens (tertiary/aromatic N) is 6. The highest BCUT2D eigenvalue weighted by atomic mass is 79.9. The molecule has 2 aromatic heterocycles. The molecule has 0 unspecified atom stereocenters. The van der Waals surface area contributed by atoms with Crippen molar-refractivity contribution < 1.29 is 9.53 Å². The summed E-state index contributed by atoms with van der Waals surface area (Å²) in [5.74, 6) is 0.255. The van der Waals surface area contributed by atoms with Gasteiger partial charge in [0, 0.05) is 12.8 Å². The highest BCUT2D eigenvalue weighted by molar-refractivity contribution is 9.10. The average Bonchev–Trinajstić information content (AvgIpc) is 3.01. The molecule has 0 aliphatic carbocycles. The second-order valence-corrected chi connectivity index (χ2v) is 5.90. The molecule has 8 nitrogen and oxygen atoms in total. The fourth-order valence-corrected chi connectivity index (χ4v) is 3.58. The van der Waals surface area contributed by atoms with Gasteiger partial charge in [-0.1, -0.05) is 18.7 Å². The van der Waals surface area contributed by atoms with Crippen LogP contribution in [0.4, 0.5) is 0 Å². The lowest BCUT2D eigenvalue weighted by Gasteiger charge is -2.04. The number of hydrogen-bond donors (Lipinski definition) is 0. The average molecular weight is 375 g/mol. The Hall–Kier alpha value is -1.42. The van der Waals surface area contributed by atoms with Crippen LogP contribution in [0.5, 0.6) is 0 Å². The molecule has 0 aliphatic rings. The summed E-state index contributed by atoms with van der Waals surface area (Å²) in [6.07, 6.45) is 0.860. The normalized spacial score (nSPS) is 10.9. The Bertz CT molecular complexity index is 641. The quantitative estimate of drug-likeness (QED) is 0.554. The SMILES string of the molecule is CCc1nn(C)c(CSc2nnnn2CC(=O)OC)c1Br. The van der Waals surface area contributed by atoms with Crippen molar-refractivity contribution in [3.05, 3.63) is 15.9 Å². The molecule has 21 heavy (non-hydrogen) atoms. The summed E-state index contributed by atoms with van der Waals surface area (Å²) in [6, 6.07) is 0. The zero-order valence-electron chi connectivity index (χ0n) is 11.9. The smallest absolute Gasteiger partial charge is 0.327 e. The van der Waals surface area contributed by atoms with E-state index in [1.807, 2.05) is 11.7 Å². The van der Waals surface area contributed by atoms with E-state index < -0.39 is 0 Å². The third kappa shape index (κ3) is 3.62. The van der Waals surface area contributed by atoms with Crippen LogP contribution in [-0.4, -0.2) is 43.1 Å². The van der Waals surface area contributed by atoms with E-state index in [4.69, 9.17) is 0 Å². The number of thioether (sulfide) groups is 1. The molecule has 0 fully saturated rings. The molecule has 0 spiro atoms. The van der Waals surface area contributed by atoms with Crippen molar-refractivity contribution in [2.24, 2.45) is 7.05 Å². The van der Waals surface area contributed by atoms with Crippen LogP contribution in [0.25, 0.3) is 0 Å². The Balaban J connectivity index is 2.09. The molecular formula is C11H15BrN6O2S. The summed E-state index contributed by atoms with van der Waals surface area (Å²) in [5.41, 5.74) is 2.06. The van der Waals surface area contributed by atoms with Gasteiger partial charge in [-0.25, -0.2) is 4.68 Å². The lowest BCUT2D eigenvalue weighted by Crippen LogP contribution is -2.13. The van der Waals surface area contributed by atoms with Crippen LogP contribution >= 0.6 is 27.7 Å². The third-order valence-electron chi connectivity index (χ3n) is 2.85. The Morgan fingerprint density at radius 2 is 2.24 bits per heavy atom. The zero-order valence-corrected chi connectivity index (χ0v) is 14.3. The van der Waals surface area contributed by atoms with Crippen molar-refractivity contribution in [3.8, 4) is 0 Å². The lowest BCUT2D eigenvalue weighted by molar-refractivity contribution is -0.141. The van der Waals surface area contributed by atoms with Gasteiger partial charge in [0.05, 0.1) is 23.0 Å². The van der Waals surface area contributed by atoms with E-state index in [0.29, 0.717) is 10.9 Å². The first-order valence-electron chi connectivity index (χ1n) is 6.22. The molecule has 2 rings (SSSR count). The molecule has 0 N–H and O–H groups in total. The number of tetrazole rings is 1. The fraction of sp³-hybridized carbons (Fsp3) is 0.545. The minimum atomic E-state index is -0.390. The first-order chi connectivity index (χ1) is 10.1. The van der Waals surface area contributed by atoms with E-state index in [9.17, 15) is 4.79 Å². The number of rotatable bonds is 6. The maximum atomic E-state index is 11.3. The van der Waals surface area contributed by atoms with Gasteiger partial charge in [0.2, 0.25) is 5.16 Å². The van der Waals surface area contributed by atoms with Crippen LogP contribution in [0.1, 0.15) is 18.3 Å². The predicted molar refractivity (Wildman–Crippen MR) is 79.7 cm³/mol. The molecule has 0 aliphatic heterocycles. The molecule has 0 aromatic carbocycles. The van der Waals surface area contributed by atoms with E-state index in [2.05, 4.69) is 48.2 Å². The van der Waals surface area contributed by atoms with E-state index in [0.717, 1.165) is 22.3 Å². The summed E-state index contributed by atoms with van der Waals surface area (Å²) in [4.78, 5) is 11.3. The molecule has 0 radical (unpaired) electrons. The van der Waals surface area contributed by atoms with Crippen LogP contribution < -0.4 is 0 Å². The van der Waals surface area contributed by atoms with Crippen molar-refractivity contribution in [1.82, 2.24) is 30.0 Å². The number of methoxy groups -OCH3 is 1. The molecule has 0 saturated carbocycles. The van der Waals surface area contributed by atoms with Crippen molar-refractivity contribution in [3.63, 3.8) is 0 Å². The summed E-state index contributed by atoms with van der Waals surface area (Å²) in [7, 11) is 3.23. The number of esters is 1. The van der Waals surface area contributed by atoms with Crippen LogP contribution in [0.2, 0.25) is 0 Å². The number of aromatic nitrogens is 6. The Morgan fingerprint density at radius 1 is 1.48 bits per heavy atom. The van der Waals surface area contributed by atoms with Crippen molar-refractivity contribution in [2.45, 2.75) is 30.8 Å². The van der Waals surface area contributed by atoms with Gasteiger partial charge in [0.25, 0.3) is 0 Å². The van der Waals surface area contributed by atoms with Crippen LogP contribution in [0.15, 0.2) is 9.63 Å². The van der Waals surface area contributed by atoms with Gasteiger partial charge in [0.1, 0.15) is 6.54 Å².